The molecule has 114 valence electrons. The minimum absolute atomic E-state index is 0.0326. The molecule has 0 spiro atoms. The Morgan fingerprint density at radius 3 is 2.35 bits per heavy atom. The summed E-state index contributed by atoms with van der Waals surface area (Å²) in [5.41, 5.74) is -0.225. The van der Waals surface area contributed by atoms with Gasteiger partial charge in [0.05, 0.1) is 4.92 Å². The van der Waals surface area contributed by atoms with E-state index in [1.807, 2.05) is 19.0 Å². The van der Waals surface area contributed by atoms with E-state index in [1.165, 1.54) is 18.4 Å². The maximum atomic E-state index is 12.3. The summed E-state index contributed by atoms with van der Waals surface area (Å²) in [5.74, 6) is 0. The van der Waals surface area contributed by atoms with Crippen molar-refractivity contribution >= 4 is 32.0 Å². The molecule has 0 aliphatic rings. The highest BCUT2D eigenvalue weighted by Gasteiger charge is 2.28. The number of hydrogen-bond donors (Lipinski definition) is 1. The van der Waals surface area contributed by atoms with Crippen LogP contribution in [0.25, 0.3) is 0 Å². The van der Waals surface area contributed by atoms with E-state index >= 15 is 0 Å². The van der Waals surface area contributed by atoms with Crippen LogP contribution in [0.3, 0.4) is 0 Å². The highest BCUT2D eigenvalue weighted by molar-refractivity contribution is 7.91. The summed E-state index contributed by atoms with van der Waals surface area (Å²) in [6.45, 7) is 0.887. The first-order chi connectivity index (χ1) is 9.20. The van der Waals surface area contributed by atoms with Gasteiger partial charge in [0.15, 0.2) is 5.00 Å². The lowest BCUT2D eigenvalue weighted by molar-refractivity contribution is -0.383. The molecule has 0 radical (unpaired) electrons. The van der Waals surface area contributed by atoms with Crippen molar-refractivity contribution < 1.29 is 13.3 Å². The smallest absolute Gasteiger partial charge is 0.304 e. The fraction of sp³-hybridized carbons (Fsp3) is 0.600. The van der Waals surface area contributed by atoms with Crippen LogP contribution >= 0.6 is 11.3 Å². The number of likely N-dealkylation sites (N-methyl/N-ethyl adjacent to an activating group) is 2. The molecular weight excluding hydrogens is 304 g/mol. The summed E-state index contributed by atoms with van der Waals surface area (Å²) in [7, 11) is 2.97. The number of rotatable bonds is 7. The number of nitrogens with one attached hydrogen (secondary N) is 1. The van der Waals surface area contributed by atoms with Crippen LogP contribution < -0.4 is 5.32 Å². The Labute approximate surface area is 122 Å². The van der Waals surface area contributed by atoms with Crippen LogP contribution in [0.2, 0.25) is 0 Å². The Bertz CT molecular complexity index is 582. The Morgan fingerprint density at radius 2 is 1.95 bits per heavy atom. The third-order valence-electron chi connectivity index (χ3n) is 2.64. The zero-order valence-corrected chi connectivity index (χ0v) is 13.4. The van der Waals surface area contributed by atoms with Crippen molar-refractivity contribution in [2.45, 2.75) is 4.21 Å². The molecule has 1 aromatic rings. The molecule has 0 aliphatic carbocycles. The van der Waals surface area contributed by atoms with Crippen molar-refractivity contribution in [1.82, 2.24) is 9.21 Å². The maximum Gasteiger partial charge on any atom is 0.304 e. The molecule has 0 saturated carbocycles. The van der Waals surface area contributed by atoms with Crippen LogP contribution in [-0.2, 0) is 10.0 Å². The van der Waals surface area contributed by atoms with Crippen molar-refractivity contribution in [2.24, 2.45) is 0 Å². The van der Waals surface area contributed by atoms with Crippen LogP contribution in [0.5, 0.6) is 0 Å². The molecule has 0 bridgehead atoms. The molecule has 20 heavy (non-hydrogen) atoms. The van der Waals surface area contributed by atoms with Crippen LogP contribution in [0.4, 0.5) is 10.7 Å². The number of sulfonamides is 1. The summed E-state index contributed by atoms with van der Waals surface area (Å²) < 4.78 is 25.8. The SMILES string of the molecule is CNc1sc(S(=O)(=O)N(C)CCN(C)C)cc1[N+](=O)[O-]. The lowest BCUT2D eigenvalue weighted by Gasteiger charge is -2.18. The summed E-state index contributed by atoms with van der Waals surface area (Å²) in [4.78, 5) is 12.1. The molecule has 0 aromatic carbocycles. The van der Waals surface area contributed by atoms with E-state index in [-0.39, 0.29) is 14.9 Å². The summed E-state index contributed by atoms with van der Waals surface area (Å²) in [5, 5.41) is 13.7. The molecule has 1 N–H and O–H groups in total. The lowest BCUT2D eigenvalue weighted by atomic mass is 10.5. The van der Waals surface area contributed by atoms with Gasteiger partial charge in [0.25, 0.3) is 10.0 Å². The molecule has 0 unspecified atom stereocenters. The van der Waals surface area contributed by atoms with Crippen molar-refractivity contribution in [3.05, 3.63) is 16.2 Å². The third kappa shape index (κ3) is 3.66. The molecule has 1 aromatic heterocycles. The number of thiophene rings is 1. The fourth-order valence-electron chi connectivity index (χ4n) is 1.42. The van der Waals surface area contributed by atoms with Gasteiger partial charge in [-0.1, -0.05) is 11.3 Å². The monoisotopic (exact) mass is 322 g/mol. The second-order valence-corrected chi connectivity index (χ2v) is 7.74. The van der Waals surface area contributed by atoms with Gasteiger partial charge in [-0.3, -0.25) is 10.1 Å². The molecule has 0 saturated heterocycles. The van der Waals surface area contributed by atoms with Crippen molar-refractivity contribution in [3.63, 3.8) is 0 Å². The minimum Gasteiger partial charge on any atom is -0.374 e. The molecule has 1 heterocycles. The number of nitro groups is 1. The van der Waals surface area contributed by atoms with E-state index < -0.39 is 14.9 Å². The van der Waals surface area contributed by atoms with Crippen molar-refractivity contribution in [1.29, 1.82) is 0 Å². The Hall–Kier alpha value is -1.23. The van der Waals surface area contributed by atoms with E-state index in [0.717, 1.165) is 17.4 Å². The van der Waals surface area contributed by atoms with Crippen molar-refractivity contribution in [2.75, 3.05) is 46.6 Å². The van der Waals surface area contributed by atoms with Gasteiger partial charge in [0.1, 0.15) is 4.21 Å². The van der Waals surface area contributed by atoms with E-state index in [9.17, 15) is 18.5 Å². The first kappa shape index (κ1) is 16.8. The summed E-state index contributed by atoms with van der Waals surface area (Å²) in [6, 6.07) is 1.10. The fourth-order valence-corrected chi connectivity index (χ4v) is 4.07. The summed E-state index contributed by atoms with van der Waals surface area (Å²) in [6.07, 6.45) is 0. The van der Waals surface area contributed by atoms with Gasteiger partial charge in [-0.2, -0.15) is 4.31 Å². The van der Waals surface area contributed by atoms with Gasteiger partial charge in [-0.15, -0.1) is 0 Å². The average molecular weight is 322 g/mol. The molecule has 0 atom stereocenters. The van der Waals surface area contributed by atoms with Gasteiger partial charge < -0.3 is 10.2 Å². The van der Waals surface area contributed by atoms with E-state index in [0.29, 0.717) is 13.1 Å². The summed E-state index contributed by atoms with van der Waals surface area (Å²) >= 11 is 0.861. The Kier molecular flexibility index (Phi) is 5.45. The predicted molar refractivity (Wildman–Crippen MR) is 78.9 cm³/mol. The number of hydrogen-bond acceptors (Lipinski definition) is 7. The first-order valence-corrected chi connectivity index (χ1v) is 8.03. The Balaban J connectivity index is 3.06. The lowest BCUT2D eigenvalue weighted by Crippen LogP contribution is -2.33. The molecule has 10 heteroatoms. The molecule has 0 aliphatic heterocycles. The number of anilines is 1. The van der Waals surface area contributed by atoms with Crippen LogP contribution in [0.1, 0.15) is 0 Å². The van der Waals surface area contributed by atoms with E-state index in [4.69, 9.17) is 0 Å². The first-order valence-electron chi connectivity index (χ1n) is 5.77. The molecule has 0 amide bonds. The largest absolute Gasteiger partial charge is 0.374 e. The van der Waals surface area contributed by atoms with Crippen LogP contribution in [-0.4, -0.2) is 63.8 Å². The predicted octanol–water partition coefficient (Wildman–Crippen LogP) is 0.880. The average Bonchev–Trinajstić information content (AvgIpc) is 2.80. The van der Waals surface area contributed by atoms with Gasteiger partial charge in [0, 0.05) is 33.3 Å². The molecule has 8 nitrogen and oxygen atoms in total. The topological polar surface area (TPSA) is 95.8 Å². The second-order valence-electron chi connectivity index (χ2n) is 4.42. The van der Waals surface area contributed by atoms with Gasteiger partial charge >= 0.3 is 5.69 Å². The second kappa shape index (κ2) is 6.48. The van der Waals surface area contributed by atoms with Crippen LogP contribution in [0.15, 0.2) is 10.3 Å². The number of nitrogens with zero attached hydrogens (tertiary/aromatic N) is 3. The van der Waals surface area contributed by atoms with Crippen LogP contribution in [0, 0.1) is 10.1 Å². The molecule has 1 rings (SSSR count). The highest BCUT2D eigenvalue weighted by Crippen LogP contribution is 2.37. The highest BCUT2D eigenvalue weighted by atomic mass is 32.2. The van der Waals surface area contributed by atoms with Crippen molar-refractivity contribution in [3.8, 4) is 0 Å². The standard InChI is InChI=1S/C10H18N4O4S2/c1-11-10-8(14(15)16)7-9(19-10)20(17,18)13(4)6-5-12(2)3/h7,11H,5-6H2,1-4H3. The molecular formula is C10H18N4O4S2. The van der Waals surface area contributed by atoms with E-state index in [1.54, 1.807) is 0 Å². The zero-order valence-electron chi connectivity index (χ0n) is 11.8. The van der Waals surface area contributed by atoms with Gasteiger partial charge in [0.2, 0.25) is 0 Å². The quantitative estimate of drug-likeness (QED) is 0.591. The van der Waals surface area contributed by atoms with Gasteiger partial charge in [-0.25, -0.2) is 8.42 Å². The van der Waals surface area contributed by atoms with Gasteiger partial charge in [-0.05, 0) is 14.1 Å². The zero-order chi connectivity index (χ0) is 15.5. The normalized spacial score (nSPS) is 12.1. The Morgan fingerprint density at radius 1 is 1.35 bits per heavy atom. The third-order valence-corrected chi connectivity index (χ3v) is 6.09. The minimum atomic E-state index is -3.70. The maximum absolute atomic E-state index is 12.3. The molecule has 0 fully saturated rings. The van der Waals surface area contributed by atoms with E-state index in [2.05, 4.69) is 5.32 Å².